The van der Waals surface area contributed by atoms with E-state index in [0.717, 1.165) is 55.5 Å². The van der Waals surface area contributed by atoms with Gasteiger partial charge in [-0.1, -0.05) is 30.3 Å². The number of nitrogens with one attached hydrogen (secondary N) is 2. The highest BCUT2D eigenvalue weighted by molar-refractivity contribution is 5.94. The number of rotatable bonds is 7. The molecule has 6 heteroatoms. The van der Waals surface area contributed by atoms with E-state index in [1.165, 1.54) is 0 Å². The van der Waals surface area contributed by atoms with Gasteiger partial charge in [0, 0.05) is 38.9 Å². The summed E-state index contributed by atoms with van der Waals surface area (Å²) in [5.41, 5.74) is 1.69. The standard InChI is InChI=1S/C24H26N4O2/c29-24(20-9-10-23(27-18-20)28-15-13-25-14-16-28)26-12-11-19-5-4-8-22(17-19)30-21-6-2-1-3-7-21/h1-10,17-18,25H,11-16H2,(H,26,29). The number of piperazine rings is 1. The van der Waals surface area contributed by atoms with Crippen LogP contribution in [0.15, 0.2) is 72.9 Å². The molecule has 1 saturated heterocycles. The Hall–Kier alpha value is -3.38. The van der Waals surface area contributed by atoms with Gasteiger partial charge in [0.05, 0.1) is 5.56 Å². The highest BCUT2D eigenvalue weighted by atomic mass is 16.5. The Labute approximate surface area is 176 Å². The molecule has 1 aliphatic heterocycles. The van der Waals surface area contributed by atoms with Gasteiger partial charge in [0.25, 0.3) is 5.91 Å². The van der Waals surface area contributed by atoms with Gasteiger partial charge in [-0.3, -0.25) is 4.79 Å². The zero-order valence-electron chi connectivity index (χ0n) is 16.9. The van der Waals surface area contributed by atoms with E-state index in [2.05, 4.69) is 20.5 Å². The van der Waals surface area contributed by atoms with Crippen LogP contribution in [0.2, 0.25) is 0 Å². The van der Waals surface area contributed by atoms with Crippen molar-refractivity contribution in [2.45, 2.75) is 6.42 Å². The third-order valence-electron chi connectivity index (χ3n) is 5.03. The van der Waals surface area contributed by atoms with E-state index in [0.29, 0.717) is 12.1 Å². The van der Waals surface area contributed by atoms with Gasteiger partial charge in [-0.25, -0.2) is 4.98 Å². The maximum Gasteiger partial charge on any atom is 0.252 e. The second-order valence-electron chi connectivity index (χ2n) is 7.21. The molecule has 1 aliphatic rings. The Morgan fingerprint density at radius 3 is 2.57 bits per heavy atom. The average molecular weight is 402 g/mol. The molecule has 154 valence electrons. The number of hydrogen-bond donors (Lipinski definition) is 2. The number of para-hydroxylation sites is 1. The molecular weight excluding hydrogens is 376 g/mol. The summed E-state index contributed by atoms with van der Waals surface area (Å²) < 4.78 is 5.87. The van der Waals surface area contributed by atoms with Gasteiger partial charge in [-0.15, -0.1) is 0 Å². The van der Waals surface area contributed by atoms with E-state index in [1.54, 1.807) is 6.20 Å². The highest BCUT2D eigenvalue weighted by Gasteiger charge is 2.12. The van der Waals surface area contributed by atoms with Crippen molar-refractivity contribution in [2.24, 2.45) is 0 Å². The second-order valence-corrected chi connectivity index (χ2v) is 7.21. The van der Waals surface area contributed by atoms with E-state index in [-0.39, 0.29) is 5.91 Å². The minimum absolute atomic E-state index is 0.106. The van der Waals surface area contributed by atoms with Crippen molar-refractivity contribution in [3.8, 4) is 11.5 Å². The van der Waals surface area contributed by atoms with Crippen molar-refractivity contribution in [2.75, 3.05) is 37.6 Å². The van der Waals surface area contributed by atoms with E-state index < -0.39 is 0 Å². The first-order valence-corrected chi connectivity index (χ1v) is 10.3. The van der Waals surface area contributed by atoms with Crippen LogP contribution in [0, 0.1) is 0 Å². The molecule has 2 N–H and O–H groups in total. The summed E-state index contributed by atoms with van der Waals surface area (Å²) >= 11 is 0. The average Bonchev–Trinajstić information content (AvgIpc) is 2.81. The molecule has 0 unspecified atom stereocenters. The first-order chi connectivity index (χ1) is 14.8. The van der Waals surface area contributed by atoms with Crippen molar-refractivity contribution in [3.63, 3.8) is 0 Å². The van der Waals surface area contributed by atoms with Crippen molar-refractivity contribution >= 4 is 11.7 Å². The minimum Gasteiger partial charge on any atom is -0.457 e. The largest absolute Gasteiger partial charge is 0.457 e. The number of ether oxygens (including phenoxy) is 1. The Balaban J connectivity index is 1.27. The van der Waals surface area contributed by atoms with Gasteiger partial charge in [-0.2, -0.15) is 0 Å². The zero-order valence-corrected chi connectivity index (χ0v) is 16.9. The van der Waals surface area contributed by atoms with E-state index in [1.807, 2.05) is 66.7 Å². The molecule has 0 bridgehead atoms. The summed E-state index contributed by atoms with van der Waals surface area (Å²) in [6.07, 6.45) is 2.38. The first-order valence-electron chi connectivity index (χ1n) is 10.3. The lowest BCUT2D eigenvalue weighted by Gasteiger charge is -2.28. The lowest BCUT2D eigenvalue weighted by Crippen LogP contribution is -2.43. The summed E-state index contributed by atoms with van der Waals surface area (Å²) in [5, 5.41) is 6.30. The Bertz CT molecular complexity index is 954. The lowest BCUT2D eigenvalue weighted by molar-refractivity contribution is 0.0954. The van der Waals surface area contributed by atoms with Gasteiger partial charge in [0.2, 0.25) is 0 Å². The Morgan fingerprint density at radius 2 is 1.80 bits per heavy atom. The molecular formula is C24H26N4O2. The number of benzene rings is 2. The van der Waals surface area contributed by atoms with Gasteiger partial charge < -0.3 is 20.3 Å². The van der Waals surface area contributed by atoms with Crippen molar-refractivity contribution < 1.29 is 9.53 Å². The summed E-state index contributed by atoms with van der Waals surface area (Å²) in [4.78, 5) is 19.1. The van der Waals surface area contributed by atoms with E-state index >= 15 is 0 Å². The summed E-state index contributed by atoms with van der Waals surface area (Å²) in [7, 11) is 0. The van der Waals surface area contributed by atoms with Crippen LogP contribution in [0.4, 0.5) is 5.82 Å². The number of anilines is 1. The fourth-order valence-electron chi connectivity index (χ4n) is 3.41. The van der Waals surface area contributed by atoms with Crippen molar-refractivity contribution in [1.82, 2.24) is 15.6 Å². The van der Waals surface area contributed by atoms with Crippen LogP contribution >= 0.6 is 0 Å². The van der Waals surface area contributed by atoms with E-state index in [9.17, 15) is 4.79 Å². The van der Waals surface area contributed by atoms with Crippen LogP contribution in [-0.2, 0) is 6.42 Å². The Kier molecular flexibility index (Phi) is 6.57. The third-order valence-corrected chi connectivity index (χ3v) is 5.03. The highest BCUT2D eigenvalue weighted by Crippen LogP contribution is 2.22. The number of carbonyl (C=O) groups excluding carboxylic acids is 1. The maximum absolute atomic E-state index is 12.4. The summed E-state index contributed by atoms with van der Waals surface area (Å²) in [5.74, 6) is 2.41. The predicted molar refractivity (Wildman–Crippen MR) is 118 cm³/mol. The molecule has 4 rings (SSSR count). The molecule has 2 aromatic carbocycles. The molecule has 1 amide bonds. The molecule has 0 spiro atoms. The number of carbonyl (C=O) groups is 1. The SMILES string of the molecule is O=C(NCCc1cccc(Oc2ccccc2)c1)c1ccc(N2CCNCC2)nc1. The van der Waals surface area contributed by atoms with Crippen LogP contribution in [-0.4, -0.2) is 43.6 Å². The molecule has 0 aliphatic carbocycles. The van der Waals surface area contributed by atoms with Gasteiger partial charge in [-0.05, 0) is 48.4 Å². The Morgan fingerprint density at radius 1 is 1.00 bits per heavy atom. The molecule has 1 aromatic heterocycles. The zero-order chi connectivity index (χ0) is 20.6. The van der Waals surface area contributed by atoms with Gasteiger partial charge in [0.1, 0.15) is 17.3 Å². The number of amides is 1. The summed E-state index contributed by atoms with van der Waals surface area (Å²) in [6.45, 7) is 4.34. The maximum atomic E-state index is 12.4. The fourth-order valence-corrected chi connectivity index (χ4v) is 3.41. The molecule has 1 fully saturated rings. The molecule has 0 atom stereocenters. The second kappa shape index (κ2) is 9.89. The van der Waals surface area contributed by atoms with Crippen molar-refractivity contribution in [3.05, 3.63) is 84.1 Å². The normalized spacial score (nSPS) is 13.7. The molecule has 3 aromatic rings. The van der Waals surface area contributed by atoms with E-state index in [4.69, 9.17) is 4.74 Å². The molecule has 30 heavy (non-hydrogen) atoms. The van der Waals surface area contributed by atoms with Gasteiger partial charge >= 0.3 is 0 Å². The smallest absolute Gasteiger partial charge is 0.252 e. The minimum atomic E-state index is -0.106. The fraction of sp³-hybridized carbons (Fsp3) is 0.250. The molecule has 0 saturated carbocycles. The van der Waals surface area contributed by atoms with Crippen LogP contribution in [0.5, 0.6) is 11.5 Å². The molecule has 6 nitrogen and oxygen atoms in total. The van der Waals surface area contributed by atoms with Crippen LogP contribution in [0.3, 0.4) is 0 Å². The lowest BCUT2D eigenvalue weighted by atomic mass is 10.1. The number of pyridine rings is 1. The number of hydrogen-bond acceptors (Lipinski definition) is 5. The monoisotopic (exact) mass is 402 g/mol. The summed E-state index contributed by atoms with van der Waals surface area (Å²) in [6, 6.07) is 21.4. The topological polar surface area (TPSA) is 66.5 Å². The number of aromatic nitrogens is 1. The van der Waals surface area contributed by atoms with Crippen LogP contribution in [0.1, 0.15) is 15.9 Å². The molecule has 2 heterocycles. The van der Waals surface area contributed by atoms with Crippen LogP contribution < -0.4 is 20.3 Å². The first kappa shape index (κ1) is 19.9. The predicted octanol–water partition coefficient (Wildman–Crippen LogP) is 3.26. The third kappa shape index (κ3) is 5.36. The van der Waals surface area contributed by atoms with Gasteiger partial charge in [0.15, 0.2) is 0 Å². The quantitative estimate of drug-likeness (QED) is 0.635. The van der Waals surface area contributed by atoms with Crippen molar-refractivity contribution in [1.29, 1.82) is 0 Å². The number of nitrogens with zero attached hydrogens (tertiary/aromatic N) is 2. The van der Waals surface area contributed by atoms with Crippen LogP contribution in [0.25, 0.3) is 0 Å². The molecule has 0 radical (unpaired) electrons.